The Morgan fingerprint density at radius 3 is 2.74 bits per heavy atom. The smallest absolute Gasteiger partial charge is 0.319 e. The number of sulfonamides is 1. The van der Waals surface area contributed by atoms with Gasteiger partial charge in [-0.1, -0.05) is 23.8 Å². The summed E-state index contributed by atoms with van der Waals surface area (Å²) in [4.78, 5) is 21.2. The quantitative estimate of drug-likeness (QED) is 0.295. The van der Waals surface area contributed by atoms with Crippen molar-refractivity contribution in [3.63, 3.8) is 0 Å². The number of carbonyl (C=O) groups excluding carboxylic acids is 1. The van der Waals surface area contributed by atoms with Gasteiger partial charge >= 0.3 is 6.03 Å². The molecule has 11 nitrogen and oxygen atoms in total. The Morgan fingerprint density at radius 2 is 1.91 bits per heavy atom. The zero-order valence-electron chi connectivity index (χ0n) is 19.3. The molecule has 0 aliphatic carbocycles. The van der Waals surface area contributed by atoms with Gasteiger partial charge in [-0.05, 0) is 43.7 Å². The SMILES string of the molecule is Cc1ccc(NC(=O)NCCNc2cnc3nc2NCCCNS(=O)(=O)c2cccc(c2)N3)cc1. The number of amides is 2. The normalized spacial score (nSPS) is 14.7. The van der Waals surface area contributed by atoms with E-state index in [1.54, 1.807) is 24.4 Å². The van der Waals surface area contributed by atoms with Crippen molar-refractivity contribution in [2.45, 2.75) is 18.2 Å². The first-order valence-electron chi connectivity index (χ1n) is 11.2. The summed E-state index contributed by atoms with van der Waals surface area (Å²) in [6.45, 7) is 3.61. The molecule has 0 spiro atoms. The van der Waals surface area contributed by atoms with Gasteiger partial charge in [0.05, 0.1) is 16.8 Å². The van der Waals surface area contributed by atoms with Crippen molar-refractivity contribution in [2.75, 3.05) is 47.4 Å². The Balaban J connectivity index is 1.37. The second-order valence-electron chi connectivity index (χ2n) is 7.96. The van der Waals surface area contributed by atoms with Crippen molar-refractivity contribution >= 4 is 44.9 Å². The molecule has 1 aliphatic heterocycles. The summed E-state index contributed by atoms with van der Waals surface area (Å²) in [5.74, 6) is 0.903. The Kier molecular flexibility index (Phi) is 7.63. The van der Waals surface area contributed by atoms with E-state index in [1.807, 2.05) is 31.2 Å². The van der Waals surface area contributed by atoms with E-state index in [-0.39, 0.29) is 17.5 Å². The number of nitrogens with one attached hydrogen (secondary N) is 6. The van der Waals surface area contributed by atoms with Gasteiger partial charge in [0.2, 0.25) is 16.0 Å². The maximum Gasteiger partial charge on any atom is 0.319 e. The zero-order chi connectivity index (χ0) is 24.7. The van der Waals surface area contributed by atoms with Crippen LogP contribution >= 0.6 is 0 Å². The number of aromatic nitrogens is 2. The first-order valence-corrected chi connectivity index (χ1v) is 12.7. The molecule has 12 heteroatoms. The number of hydrogen-bond donors (Lipinski definition) is 6. The van der Waals surface area contributed by atoms with Gasteiger partial charge in [0.1, 0.15) is 0 Å². The molecule has 0 saturated heterocycles. The van der Waals surface area contributed by atoms with Gasteiger partial charge in [0, 0.05) is 37.6 Å². The van der Waals surface area contributed by atoms with E-state index in [0.717, 1.165) is 11.3 Å². The van der Waals surface area contributed by atoms with Crippen LogP contribution in [0.5, 0.6) is 0 Å². The lowest BCUT2D eigenvalue weighted by Gasteiger charge is -2.14. The van der Waals surface area contributed by atoms with Gasteiger partial charge < -0.3 is 26.6 Å². The summed E-state index contributed by atoms with van der Waals surface area (Å²) in [5.41, 5.74) is 3.07. The fraction of sp³-hybridized carbons (Fsp3) is 0.261. The number of hydrogen-bond acceptors (Lipinski definition) is 8. The van der Waals surface area contributed by atoms with Crippen LogP contribution in [-0.2, 0) is 10.0 Å². The molecule has 0 radical (unpaired) electrons. The predicted octanol–water partition coefficient (Wildman–Crippen LogP) is 2.86. The molecule has 2 aromatic carbocycles. The summed E-state index contributed by atoms with van der Waals surface area (Å²) < 4.78 is 27.6. The highest BCUT2D eigenvalue weighted by molar-refractivity contribution is 7.89. The minimum Gasteiger partial charge on any atom is -0.379 e. The van der Waals surface area contributed by atoms with Crippen LogP contribution in [0.25, 0.3) is 0 Å². The third-order valence-electron chi connectivity index (χ3n) is 5.16. The molecule has 2 amide bonds. The molecule has 184 valence electrons. The number of benzene rings is 2. The zero-order valence-corrected chi connectivity index (χ0v) is 20.1. The molecular formula is C23H28N8O3S. The summed E-state index contributed by atoms with van der Waals surface area (Å²) >= 11 is 0. The average Bonchev–Trinajstić information content (AvgIpc) is 2.84. The second-order valence-corrected chi connectivity index (χ2v) is 9.73. The van der Waals surface area contributed by atoms with Crippen molar-refractivity contribution in [3.8, 4) is 0 Å². The number of carbonyl (C=O) groups is 1. The maximum absolute atomic E-state index is 12.5. The number of rotatable bonds is 5. The van der Waals surface area contributed by atoms with E-state index in [1.165, 1.54) is 6.07 Å². The molecule has 1 aromatic heterocycles. The Bertz CT molecular complexity index is 1280. The standard InChI is InChI=1S/C23H28N8O3S/c1-16-6-8-17(9-7-16)30-23(32)26-13-12-24-20-15-27-22-29-18-4-2-5-19(14-18)35(33,34)28-11-3-10-25-21(20)31-22/h2,4-9,14-15,24,28H,3,10-13H2,1H3,(H2,26,30,32)(H2,25,27,29,31). The van der Waals surface area contributed by atoms with Crippen molar-refractivity contribution in [1.82, 2.24) is 20.0 Å². The highest BCUT2D eigenvalue weighted by Gasteiger charge is 2.15. The summed E-state index contributed by atoms with van der Waals surface area (Å²) in [5, 5.41) is 15.1. The molecule has 0 fully saturated rings. The Morgan fingerprint density at radius 1 is 1.09 bits per heavy atom. The summed E-state index contributed by atoms with van der Waals surface area (Å²) in [7, 11) is -3.60. The van der Waals surface area contributed by atoms with Gasteiger partial charge in [0.15, 0.2) is 5.82 Å². The maximum atomic E-state index is 12.5. The Hall–Kier alpha value is -3.90. The fourth-order valence-electron chi connectivity index (χ4n) is 3.35. The monoisotopic (exact) mass is 496 g/mol. The first kappa shape index (κ1) is 24.2. The van der Waals surface area contributed by atoms with Crippen LogP contribution < -0.4 is 31.3 Å². The van der Waals surface area contributed by atoms with Crippen LogP contribution in [0.3, 0.4) is 0 Å². The molecule has 0 unspecified atom stereocenters. The van der Waals surface area contributed by atoms with E-state index in [0.29, 0.717) is 49.2 Å². The van der Waals surface area contributed by atoms with Crippen LogP contribution in [0.1, 0.15) is 12.0 Å². The molecule has 4 rings (SSSR count). The van der Waals surface area contributed by atoms with E-state index in [2.05, 4.69) is 41.3 Å². The van der Waals surface area contributed by atoms with E-state index >= 15 is 0 Å². The molecule has 4 bridgehead atoms. The van der Waals surface area contributed by atoms with Crippen LogP contribution in [0.15, 0.2) is 59.6 Å². The largest absolute Gasteiger partial charge is 0.379 e. The van der Waals surface area contributed by atoms with E-state index < -0.39 is 10.0 Å². The van der Waals surface area contributed by atoms with Crippen LogP contribution in [0.4, 0.5) is 33.6 Å². The van der Waals surface area contributed by atoms with Crippen LogP contribution in [-0.4, -0.2) is 50.6 Å². The summed E-state index contributed by atoms with van der Waals surface area (Å²) in [6.07, 6.45) is 2.20. The number of anilines is 5. The summed E-state index contributed by atoms with van der Waals surface area (Å²) in [6, 6.07) is 13.7. The number of aryl methyl sites for hydroxylation is 1. The predicted molar refractivity (Wildman–Crippen MR) is 137 cm³/mol. The van der Waals surface area contributed by atoms with Gasteiger partial charge in [-0.2, -0.15) is 4.98 Å². The molecule has 0 atom stereocenters. The van der Waals surface area contributed by atoms with Gasteiger partial charge in [-0.25, -0.2) is 22.9 Å². The van der Waals surface area contributed by atoms with Crippen molar-refractivity contribution in [1.29, 1.82) is 0 Å². The molecule has 2 heterocycles. The van der Waals surface area contributed by atoms with Crippen LogP contribution in [0, 0.1) is 6.92 Å². The van der Waals surface area contributed by atoms with Gasteiger partial charge in [-0.3, -0.25) is 0 Å². The lowest BCUT2D eigenvalue weighted by molar-refractivity contribution is 0.252. The average molecular weight is 497 g/mol. The minimum atomic E-state index is -3.60. The third-order valence-corrected chi connectivity index (χ3v) is 6.62. The number of urea groups is 1. The fourth-order valence-corrected chi connectivity index (χ4v) is 4.47. The molecule has 35 heavy (non-hydrogen) atoms. The molecule has 6 N–H and O–H groups in total. The second kappa shape index (κ2) is 11.0. The highest BCUT2D eigenvalue weighted by atomic mass is 32.2. The first-order chi connectivity index (χ1) is 16.9. The van der Waals surface area contributed by atoms with Crippen molar-refractivity contribution < 1.29 is 13.2 Å². The van der Waals surface area contributed by atoms with Crippen molar-refractivity contribution in [2.24, 2.45) is 0 Å². The van der Waals surface area contributed by atoms with E-state index in [9.17, 15) is 13.2 Å². The molecule has 3 aromatic rings. The third kappa shape index (κ3) is 6.80. The van der Waals surface area contributed by atoms with Gasteiger partial charge in [0.25, 0.3) is 0 Å². The minimum absolute atomic E-state index is 0.173. The lowest BCUT2D eigenvalue weighted by atomic mass is 10.2. The van der Waals surface area contributed by atoms with Crippen LogP contribution in [0.2, 0.25) is 0 Å². The van der Waals surface area contributed by atoms with Gasteiger partial charge in [-0.15, -0.1) is 0 Å². The number of nitrogens with zero attached hydrogens (tertiary/aromatic N) is 2. The Labute approximate surface area is 204 Å². The molecular weight excluding hydrogens is 468 g/mol. The lowest BCUT2D eigenvalue weighted by Crippen LogP contribution is -2.32. The molecule has 0 saturated carbocycles. The van der Waals surface area contributed by atoms with E-state index in [4.69, 9.17) is 0 Å². The highest BCUT2D eigenvalue weighted by Crippen LogP contribution is 2.23. The van der Waals surface area contributed by atoms with Crippen molar-refractivity contribution in [3.05, 3.63) is 60.3 Å². The molecule has 1 aliphatic rings. The topological polar surface area (TPSA) is 149 Å². The number of fused-ring (bicyclic) bond motifs is 4.